The minimum Gasteiger partial charge on any atom is -0.375 e. The van der Waals surface area contributed by atoms with Crippen LogP contribution in [0.4, 0.5) is 0 Å². The average molecular weight is 490 g/mol. The smallest absolute Gasteiger partial charge is 0.274 e. The number of aromatic amines is 1. The first-order valence-electron chi connectivity index (χ1n) is 12.5. The van der Waals surface area contributed by atoms with Crippen LogP contribution in [0.15, 0.2) is 81.4 Å². The number of ether oxygens (including phenoxy) is 1. The third kappa shape index (κ3) is 7.09. The molecule has 4 rings (SSSR count). The fourth-order valence-corrected chi connectivity index (χ4v) is 4.97. The van der Waals surface area contributed by atoms with Crippen molar-refractivity contribution in [2.24, 2.45) is 11.8 Å². The van der Waals surface area contributed by atoms with Crippen LogP contribution < -0.4 is 5.56 Å². The van der Waals surface area contributed by atoms with E-state index in [0.29, 0.717) is 24.8 Å². The lowest BCUT2D eigenvalue weighted by Crippen LogP contribution is -2.16. The molecule has 0 saturated heterocycles. The molecule has 1 N–H and O–H groups in total. The van der Waals surface area contributed by atoms with E-state index < -0.39 is 0 Å². The Balaban J connectivity index is 1.39. The summed E-state index contributed by atoms with van der Waals surface area (Å²) in [7, 11) is 0. The van der Waals surface area contributed by atoms with Gasteiger partial charge in [0, 0.05) is 33.7 Å². The number of hydrogen-bond donors (Lipinski definition) is 1. The molecule has 0 bridgehead atoms. The molecule has 5 nitrogen and oxygen atoms in total. The molecule has 4 aromatic rings. The highest BCUT2D eigenvalue weighted by atomic mass is 32.2. The van der Waals surface area contributed by atoms with E-state index in [1.807, 2.05) is 18.2 Å². The van der Waals surface area contributed by atoms with Crippen LogP contribution in [0, 0.1) is 11.8 Å². The standard InChI is InChI=1S/C29H35N3O2S/c1-21(2)8-7-9-22(3)16-17-34-20-24-18-28(33)32-29(31-24)27(19-30-32)23-12-14-26(15-13-23)35-25-10-5-4-6-11-25/h4-6,10-15,18-19,21-22,31H,7-9,16-17,20H2,1-3H3. The molecular formula is C29H35N3O2S. The lowest BCUT2D eigenvalue weighted by molar-refractivity contribution is 0.105. The Morgan fingerprint density at radius 2 is 1.71 bits per heavy atom. The molecule has 0 amide bonds. The molecule has 2 aromatic carbocycles. The van der Waals surface area contributed by atoms with Crippen molar-refractivity contribution in [3.8, 4) is 11.1 Å². The van der Waals surface area contributed by atoms with Crippen LogP contribution in [0.25, 0.3) is 16.8 Å². The molecule has 184 valence electrons. The second kappa shape index (κ2) is 12.2. The molecule has 1 unspecified atom stereocenters. The molecule has 1 atom stereocenters. The second-order valence-corrected chi connectivity index (χ2v) is 10.8. The molecule has 0 saturated carbocycles. The highest BCUT2D eigenvalue weighted by Crippen LogP contribution is 2.30. The molecule has 6 heteroatoms. The van der Waals surface area contributed by atoms with Gasteiger partial charge in [0.25, 0.3) is 5.56 Å². The molecule has 0 aliphatic rings. The van der Waals surface area contributed by atoms with E-state index in [9.17, 15) is 4.79 Å². The monoisotopic (exact) mass is 489 g/mol. The van der Waals surface area contributed by atoms with Crippen molar-refractivity contribution in [1.82, 2.24) is 14.6 Å². The Kier molecular flexibility index (Phi) is 8.83. The normalized spacial score (nSPS) is 12.5. The van der Waals surface area contributed by atoms with Crippen molar-refractivity contribution in [2.75, 3.05) is 6.61 Å². The van der Waals surface area contributed by atoms with Crippen LogP contribution in [0.2, 0.25) is 0 Å². The molecule has 0 aliphatic heterocycles. The van der Waals surface area contributed by atoms with E-state index in [1.165, 1.54) is 28.7 Å². The van der Waals surface area contributed by atoms with Crippen molar-refractivity contribution in [3.63, 3.8) is 0 Å². The van der Waals surface area contributed by atoms with E-state index in [4.69, 9.17) is 4.74 Å². The first-order valence-corrected chi connectivity index (χ1v) is 13.3. The van der Waals surface area contributed by atoms with Gasteiger partial charge in [-0.2, -0.15) is 9.61 Å². The van der Waals surface area contributed by atoms with E-state index in [-0.39, 0.29) is 5.56 Å². The predicted octanol–water partition coefficient (Wildman–Crippen LogP) is 7.21. The summed E-state index contributed by atoms with van der Waals surface area (Å²) in [5.41, 5.74) is 3.23. The number of hydrogen-bond acceptors (Lipinski definition) is 4. The molecule has 0 spiro atoms. The Morgan fingerprint density at radius 3 is 2.46 bits per heavy atom. The van der Waals surface area contributed by atoms with Crippen molar-refractivity contribution in [1.29, 1.82) is 0 Å². The van der Waals surface area contributed by atoms with Crippen LogP contribution in [0.3, 0.4) is 0 Å². The van der Waals surface area contributed by atoms with Gasteiger partial charge in [0.2, 0.25) is 0 Å². The lowest BCUT2D eigenvalue weighted by Gasteiger charge is -2.12. The molecule has 35 heavy (non-hydrogen) atoms. The molecule has 2 aromatic heterocycles. The van der Waals surface area contributed by atoms with E-state index in [1.54, 1.807) is 24.0 Å². The van der Waals surface area contributed by atoms with Crippen LogP contribution in [-0.4, -0.2) is 21.2 Å². The first kappa shape index (κ1) is 25.3. The zero-order valence-corrected chi connectivity index (χ0v) is 21.7. The summed E-state index contributed by atoms with van der Waals surface area (Å²) in [5.74, 6) is 1.42. The van der Waals surface area contributed by atoms with Gasteiger partial charge in [0.05, 0.1) is 12.8 Å². The SMILES string of the molecule is CC(C)CCCC(C)CCOCc1cc(=O)n2ncc(-c3ccc(Sc4ccccc4)cc3)c2[nH]1. The maximum Gasteiger partial charge on any atom is 0.274 e. The number of rotatable bonds is 12. The maximum absolute atomic E-state index is 12.6. The molecule has 2 heterocycles. The highest BCUT2D eigenvalue weighted by molar-refractivity contribution is 7.99. The zero-order chi connectivity index (χ0) is 24.6. The van der Waals surface area contributed by atoms with Gasteiger partial charge in [-0.15, -0.1) is 0 Å². The largest absolute Gasteiger partial charge is 0.375 e. The maximum atomic E-state index is 12.6. The van der Waals surface area contributed by atoms with Gasteiger partial charge in [0.15, 0.2) is 0 Å². The van der Waals surface area contributed by atoms with Gasteiger partial charge < -0.3 is 9.72 Å². The average Bonchev–Trinajstić information content (AvgIpc) is 3.27. The number of benzene rings is 2. The van der Waals surface area contributed by atoms with E-state index >= 15 is 0 Å². The summed E-state index contributed by atoms with van der Waals surface area (Å²) >= 11 is 1.73. The predicted molar refractivity (Wildman–Crippen MR) is 144 cm³/mol. The topological polar surface area (TPSA) is 59.4 Å². The highest BCUT2D eigenvalue weighted by Gasteiger charge is 2.11. The van der Waals surface area contributed by atoms with Gasteiger partial charge in [-0.25, -0.2) is 0 Å². The molecule has 0 radical (unpaired) electrons. The molecular weight excluding hydrogens is 454 g/mol. The molecule has 0 fully saturated rings. The third-order valence-corrected chi connectivity index (χ3v) is 7.21. The number of fused-ring (bicyclic) bond motifs is 1. The van der Waals surface area contributed by atoms with Crippen molar-refractivity contribution < 1.29 is 4.74 Å². The Bertz CT molecular complexity index is 1260. The zero-order valence-electron chi connectivity index (χ0n) is 20.9. The quantitative estimate of drug-likeness (QED) is 0.214. The number of nitrogens with one attached hydrogen (secondary N) is 1. The van der Waals surface area contributed by atoms with Crippen molar-refractivity contribution in [2.45, 2.75) is 62.9 Å². The third-order valence-electron chi connectivity index (χ3n) is 6.19. The summed E-state index contributed by atoms with van der Waals surface area (Å²) in [5, 5.41) is 4.31. The fraction of sp³-hybridized carbons (Fsp3) is 0.379. The Hall–Kier alpha value is -2.83. The van der Waals surface area contributed by atoms with Crippen molar-refractivity contribution >= 4 is 17.4 Å². The number of aromatic nitrogens is 3. The lowest BCUT2D eigenvalue weighted by atomic mass is 9.98. The first-order chi connectivity index (χ1) is 17.0. The van der Waals surface area contributed by atoms with Crippen molar-refractivity contribution in [3.05, 3.63) is 82.9 Å². The second-order valence-electron chi connectivity index (χ2n) is 9.66. The van der Waals surface area contributed by atoms with Gasteiger partial charge in [-0.1, -0.05) is 82.1 Å². The minimum atomic E-state index is -0.151. The summed E-state index contributed by atoms with van der Waals surface area (Å²) in [6, 6.07) is 20.2. The Morgan fingerprint density at radius 1 is 0.971 bits per heavy atom. The fourth-order valence-electron chi connectivity index (χ4n) is 4.14. The number of nitrogens with zero attached hydrogens (tertiary/aromatic N) is 2. The van der Waals surface area contributed by atoms with Crippen LogP contribution in [0.5, 0.6) is 0 Å². The minimum absolute atomic E-state index is 0.151. The van der Waals surface area contributed by atoms with Crippen LogP contribution >= 0.6 is 11.8 Å². The summed E-state index contributed by atoms with van der Waals surface area (Å²) < 4.78 is 7.33. The summed E-state index contributed by atoms with van der Waals surface area (Å²) in [4.78, 5) is 18.4. The van der Waals surface area contributed by atoms with Crippen LogP contribution in [0.1, 0.15) is 52.1 Å². The molecule has 0 aliphatic carbocycles. The number of H-pyrrole nitrogens is 1. The van der Waals surface area contributed by atoms with Gasteiger partial charge in [-0.05, 0) is 48.1 Å². The summed E-state index contributed by atoms with van der Waals surface area (Å²) in [6.45, 7) is 7.93. The van der Waals surface area contributed by atoms with Gasteiger partial charge in [-0.3, -0.25) is 4.79 Å². The van der Waals surface area contributed by atoms with E-state index in [0.717, 1.165) is 34.1 Å². The Labute approximate surface area is 211 Å². The summed E-state index contributed by atoms with van der Waals surface area (Å²) in [6.07, 6.45) is 6.59. The van der Waals surface area contributed by atoms with Gasteiger partial charge in [0.1, 0.15) is 5.65 Å². The van der Waals surface area contributed by atoms with Crippen LogP contribution in [-0.2, 0) is 11.3 Å². The van der Waals surface area contributed by atoms with E-state index in [2.05, 4.69) is 67.3 Å². The van der Waals surface area contributed by atoms with Gasteiger partial charge >= 0.3 is 0 Å².